The van der Waals surface area contributed by atoms with E-state index in [0.717, 1.165) is 0 Å². The molecule has 1 unspecified atom stereocenters. The molecule has 3 aromatic rings. The van der Waals surface area contributed by atoms with Crippen molar-refractivity contribution in [2.75, 3.05) is 17.3 Å². The number of hydrogen-bond acceptors (Lipinski definition) is 6. The number of methoxy groups -OCH3 is 1. The predicted molar refractivity (Wildman–Crippen MR) is 133 cm³/mol. The number of anilines is 2. The molecule has 1 saturated heterocycles. The summed E-state index contributed by atoms with van der Waals surface area (Å²) in [5, 5.41) is 14.1. The molecule has 2 amide bonds. The second-order valence-electron chi connectivity index (χ2n) is 7.66. The van der Waals surface area contributed by atoms with Crippen LogP contribution in [0.5, 0.6) is 5.75 Å². The topological polar surface area (TPSA) is 109 Å². The number of amides is 2. The molecule has 0 spiro atoms. The van der Waals surface area contributed by atoms with E-state index in [4.69, 9.17) is 27.9 Å². The Morgan fingerprint density at radius 2 is 1.77 bits per heavy atom. The highest BCUT2D eigenvalue weighted by Gasteiger charge is 2.47. The van der Waals surface area contributed by atoms with Gasteiger partial charge in [0.05, 0.1) is 28.8 Å². The number of nitrogens with one attached hydrogen (secondary N) is 1. The number of nitrogens with zero attached hydrogens (tertiary/aromatic N) is 2. The minimum atomic E-state index is -0.977. The summed E-state index contributed by atoms with van der Waals surface area (Å²) in [7, 11) is 1.40. The number of carbonyl (C=O) groups excluding carboxylic acids is 3. The van der Waals surface area contributed by atoms with E-state index in [1.807, 2.05) is 0 Å². The standard InChI is InChI=1S/C25H19Cl2N3O5/c1-13(31)29-16-5-7-17(8-6-16)30-21(14-4-3-9-28-12-14)20(23(33)25(30)34)22(32)15-10-18(26)24(35-2)19(27)11-15/h3-12,21,32H,1-2H3,(H,29,31)/b22-20+. The van der Waals surface area contributed by atoms with Crippen molar-refractivity contribution >= 4 is 57.9 Å². The molecule has 1 aliphatic rings. The zero-order valence-electron chi connectivity index (χ0n) is 18.6. The van der Waals surface area contributed by atoms with Gasteiger partial charge in [-0.3, -0.25) is 24.3 Å². The molecule has 0 bridgehead atoms. The Labute approximate surface area is 210 Å². The molecule has 1 atom stereocenters. The van der Waals surface area contributed by atoms with E-state index in [1.165, 1.54) is 37.3 Å². The molecule has 2 aromatic carbocycles. The number of aliphatic hydroxyl groups is 1. The molecule has 178 valence electrons. The second kappa shape index (κ2) is 9.77. The molecule has 1 aliphatic heterocycles. The van der Waals surface area contributed by atoms with Crippen LogP contribution in [0.15, 0.2) is 66.5 Å². The van der Waals surface area contributed by atoms with Crippen molar-refractivity contribution in [2.24, 2.45) is 0 Å². The normalized spacial score (nSPS) is 16.9. The van der Waals surface area contributed by atoms with E-state index in [9.17, 15) is 19.5 Å². The van der Waals surface area contributed by atoms with Crippen LogP contribution in [-0.4, -0.2) is 34.8 Å². The summed E-state index contributed by atoms with van der Waals surface area (Å²) in [6.45, 7) is 1.38. The highest BCUT2D eigenvalue weighted by molar-refractivity contribution is 6.51. The largest absolute Gasteiger partial charge is 0.507 e. The highest BCUT2D eigenvalue weighted by Crippen LogP contribution is 2.43. The molecule has 1 aromatic heterocycles. The minimum Gasteiger partial charge on any atom is -0.507 e. The Kier molecular flexibility index (Phi) is 6.77. The van der Waals surface area contributed by atoms with Crippen molar-refractivity contribution in [2.45, 2.75) is 13.0 Å². The van der Waals surface area contributed by atoms with E-state index in [1.54, 1.807) is 42.6 Å². The number of carbonyl (C=O) groups is 3. The van der Waals surface area contributed by atoms with Crippen molar-refractivity contribution in [3.63, 3.8) is 0 Å². The van der Waals surface area contributed by atoms with E-state index >= 15 is 0 Å². The fourth-order valence-corrected chi connectivity index (χ4v) is 4.55. The number of aromatic nitrogens is 1. The van der Waals surface area contributed by atoms with Crippen molar-refractivity contribution in [1.82, 2.24) is 4.98 Å². The SMILES string of the molecule is COc1c(Cl)cc(/C(O)=C2\C(=O)C(=O)N(c3ccc(NC(C)=O)cc3)C2c2cccnc2)cc1Cl. The summed E-state index contributed by atoms with van der Waals surface area (Å²) in [6.07, 6.45) is 3.07. The summed E-state index contributed by atoms with van der Waals surface area (Å²) >= 11 is 12.5. The maximum Gasteiger partial charge on any atom is 0.300 e. The van der Waals surface area contributed by atoms with Gasteiger partial charge in [-0.05, 0) is 48.0 Å². The highest BCUT2D eigenvalue weighted by atomic mass is 35.5. The van der Waals surface area contributed by atoms with Crippen LogP contribution >= 0.6 is 23.2 Å². The number of halogens is 2. The quantitative estimate of drug-likeness (QED) is 0.284. The van der Waals surface area contributed by atoms with Gasteiger partial charge in [-0.15, -0.1) is 0 Å². The first-order valence-corrected chi connectivity index (χ1v) is 11.1. The number of ether oxygens (including phenoxy) is 1. The maximum atomic E-state index is 13.2. The lowest BCUT2D eigenvalue weighted by molar-refractivity contribution is -0.132. The fourth-order valence-electron chi connectivity index (χ4n) is 3.91. The molecule has 10 heteroatoms. The monoisotopic (exact) mass is 511 g/mol. The smallest absolute Gasteiger partial charge is 0.300 e. The summed E-state index contributed by atoms with van der Waals surface area (Å²) < 4.78 is 5.15. The first-order chi connectivity index (χ1) is 16.7. The third-order valence-corrected chi connectivity index (χ3v) is 5.95. The lowest BCUT2D eigenvalue weighted by Gasteiger charge is -2.25. The van der Waals surface area contributed by atoms with Gasteiger partial charge in [-0.1, -0.05) is 29.3 Å². The predicted octanol–water partition coefficient (Wildman–Crippen LogP) is 4.98. The van der Waals surface area contributed by atoms with E-state index in [2.05, 4.69) is 10.3 Å². The first-order valence-electron chi connectivity index (χ1n) is 10.3. The van der Waals surface area contributed by atoms with Gasteiger partial charge in [0.1, 0.15) is 5.76 Å². The molecule has 1 fully saturated rings. The maximum absolute atomic E-state index is 13.2. The summed E-state index contributed by atoms with van der Waals surface area (Å²) in [6, 6.07) is 11.6. The molecule has 4 rings (SSSR count). The Morgan fingerprint density at radius 3 is 2.31 bits per heavy atom. The zero-order chi connectivity index (χ0) is 25.3. The van der Waals surface area contributed by atoms with Gasteiger partial charge < -0.3 is 15.2 Å². The number of hydrogen-bond donors (Lipinski definition) is 2. The van der Waals surface area contributed by atoms with Crippen LogP contribution in [0.2, 0.25) is 10.0 Å². The number of rotatable bonds is 5. The van der Waals surface area contributed by atoms with Crippen LogP contribution in [0, 0.1) is 0 Å². The minimum absolute atomic E-state index is 0.127. The molecule has 2 heterocycles. The summed E-state index contributed by atoms with van der Waals surface area (Å²) in [5.41, 5.74) is 1.42. The molecule has 0 saturated carbocycles. The molecule has 0 aliphatic carbocycles. The van der Waals surface area contributed by atoms with Gasteiger partial charge in [-0.25, -0.2) is 0 Å². The van der Waals surface area contributed by atoms with Crippen LogP contribution in [-0.2, 0) is 14.4 Å². The zero-order valence-corrected chi connectivity index (χ0v) is 20.1. The third kappa shape index (κ3) is 4.58. The van der Waals surface area contributed by atoms with Crippen LogP contribution in [0.1, 0.15) is 24.1 Å². The number of pyridine rings is 1. The molecular formula is C25H19Cl2N3O5. The van der Waals surface area contributed by atoms with Crippen molar-refractivity contribution < 1.29 is 24.2 Å². The van der Waals surface area contributed by atoms with Crippen LogP contribution < -0.4 is 15.0 Å². The Hall–Kier alpha value is -3.88. The van der Waals surface area contributed by atoms with Gasteiger partial charge in [0.2, 0.25) is 5.91 Å². The lowest BCUT2D eigenvalue weighted by Crippen LogP contribution is -2.29. The van der Waals surface area contributed by atoms with Gasteiger partial charge in [0, 0.05) is 36.3 Å². The number of ketones is 1. The molecule has 0 radical (unpaired) electrons. The van der Waals surface area contributed by atoms with Gasteiger partial charge in [0.25, 0.3) is 11.7 Å². The van der Waals surface area contributed by atoms with Gasteiger partial charge in [-0.2, -0.15) is 0 Å². The number of benzene rings is 2. The van der Waals surface area contributed by atoms with Crippen LogP contribution in [0.25, 0.3) is 5.76 Å². The van der Waals surface area contributed by atoms with Gasteiger partial charge in [0.15, 0.2) is 5.75 Å². The average Bonchev–Trinajstić information content (AvgIpc) is 3.09. The fraction of sp³-hybridized carbons (Fsp3) is 0.120. The lowest BCUT2D eigenvalue weighted by atomic mass is 9.96. The summed E-state index contributed by atoms with van der Waals surface area (Å²) in [4.78, 5) is 43.1. The first kappa shape index (κ1) is 24.3. The Morgan fingerprint density at radius 1 is 1.11 bits per heavy atom. The average molecular weight is 512 g/mol. The van der Waals surface area contributed by atoms with E-state index in [0.29, 0.717) is 16.9 Å². The Balaban J connectivity index is 1.88. The van der Waals surface area contributed by atoms with Gasteiger partial charge >= 0.3 is 0 Å². The van der Waals surface area contributed by atoms with Crippen LogP contribution in [0.3, 0.4) is 0 Å². The summed E-state index contributed by atoms with van der Waals surface area (Å²) in [5.74, 6) is -2.19. The third-order valence-electron chi connectivity index (χ3n) is 5.39. The molecule has 8 nitrogen and oxygen atoms in total. The van der Waals surface area contributed by atoms with Crippen LogP contribution in [0.4, 0.5) is 11.4 Å². The molecular weight excluding hydrogens is 493 g/mol. The molecule has 2 N–H and O–H groups in total. The van der Waals surface area contributed by atoms with E-state index < -0.39 is 23.5 Å². The Bertz CT molecular complexity index is 1330. The van der Waals surface area contributed by atoms with Crippen molar-refractivity contribution in [1.29, 1.82) is 0 Å². The number of aliphatic hydroxyl groups excluding tert-OH is 1. The van der Waals surface area contributed by atoms with Crippen molar-refractivity contribution in [3.05, 3.63) is 87.7 Å². The molecule has 35 heavy (non-hydrogen) atoms. The second-order valence-corrected chi connectivity index (χ2v) is 8.47. The van der Waals surface area contributed by atoms with E-state index in [-0.39, 0.29) is 32.8 Å². The van der Waals surface area contributed by atoms with Crippen molar-refractivity contribution in [3.8, 4) is 5.75 Å². The number of Topliss-reactive ketones (excluding diaryl/α,β-unsaturated/α-hetero) is 1.